The fraction of sp³-hybridized carbons (Fsp3) is 0.304. The number of nitrogens with zero attached hydrogens (tertiary/aromatic N) is 3. The van der Waals surface area contributed by atoms with Crippen molar-refractivity contribution in [3.63, 3.8) is 0 Å². The lowest BCUT2D eigenvalue weighted by Gasteiger charge is -2.29. The molecule has 0 radical (unpaired) electrons. The van der Waals surface area contributed by atoms with Gasteiger partial charge in [0.25, 0.3) is 0 Å². The van der Waals surface area contributed by atoms with Crippen LogP contribution in [0, 0.1) is 65.9 Å². The van der Waals surface area contributed by atoms with Gasteiger partial charge in [0.2, 0.25) is 29.5 Å². The second-order valence-corrected chi connectivity index (χ2v) is 29.0. The highest BCUT2D eigenvalue weighted by Crippen LogP contribution is 2.44. The summed E-state index contributed by atoms with van der Waals surface area (Å²) in [5, 5.41) is 33.0. The topological polar surface area (TPSA) is 287 Å². The van der Waals surface area contributed by atoms with E-state index < -0.39 is 129 Å². The molecule has 24 heteroatoms. The number of sulfone groups is 3. The van der Waals surface area contributed by atoms with Gasteiger partial charge in [0.15, 0.2) is 0 Å². The number of nitro groups is 3. The van der Waals surface area contributed by atoms with Crippen molar-refractivity contribution in [3.05, 3.63) is 300 Å². The summed E-state index contributed by atoms with van der Waals surface area (Å²) in [4.78, 5) is 33.9. The molecule has 0 bridgehead atoms. The number of rotatable bonds is 33. The third kappa shape index (κ3) is 16.3. The average molecular weight is 1320 g/mol. The van der Waals surface area contributed by atoms with E-state index in [1.807, 2.05) is 0 Å². The Labute approximate surface area is 539 Å². The van der Waals surface area contributed by atoms with Gasteiger partial charge in [-0.15, -0.1) is 0 Å². The Hall–Kier alpha value is -8.43. The van der Waals surface area contributed by atoms with Gasteiger partial charge in [0.05, 0.1) is 110 Å². The quantitative estimate of drug-likeness (QED) is 0.0210. The Morgan fingerprint density at radius 2 is 0.581 bits per heavy atom. The molecule has 0 heterocycles. The number of benzene rings is 7. The van der Waals surface area contributed by atoms with Gasteiger partial charge in [0.1, 0.15) is 0 Å². The van der Waals surface area contributed by atoms with Crippen molar-refractivity contribution in [2.24, 2.45) is 35.5 Å². The lowest BCUT2D eigenvalue weighted by molar-refractivity contribution is -0.506. The molecular weight excluding hydrogens is 1250 g/mol. The van der Waals surface area contributed by atoms with Gasteiger partial charge in [-0.2, -0.15) is 0 Å². The van der Waals surface area contributed by atoms with Crippen LogP contribution in [0.25, 0.3) is 0 Å². The molecule has 7 aromatic carbocycles. The van der Waals surface area contributed by atoms with Crippen LogP contribution in [0.4, 0.5) is 0 Å². The van der Waals surface area contributed by atoms with Crippen molar-refractivity contribution in [2.45, 2.75) is 88.8 Å². The standard InChI is InChI=1S/C69H69N3O18S3/c73-70(74)67(56-32-35-62(88-43-52-25-13-4-14-26-52)59(56)46-85-40-49-19-7-1-8-20-49)91(79,80)55-31-38-65(92(81,82)68(71(75)76)57-33-36-63(89-44-53-27-15-5-16-28-53)60(57)47-86-41-50-21-9-2-10-22-50)66(39-55)93(83,84)69(72(77)78)58-34-37-64(90-45-54-29-17-6-18-30-54)61(58)48-87-42-51-23-11-3-12-24-51/h1-39,56-64,67-69H,40-48H2. The molecule has 93 heavy (non-hydrogen) atoms. The van der Waals surface area contributed by atoms with Crippen molar-refractivity contribution in [2.75, 3.05) is 19.8 Å². The first kappa shape index (κ1) is 67.5. The van der Waals surface area contributed by atoms with Crippen molar-refractivity contribution in [3.8, 4) is 0 Å². The summed E-state index contributed by atoms with van der Waals surface area (Å²) >= 11 is 0. The molecule has 0 aliphatic heterocycles. The second kappa shape index (κ2) is 31.0. The molecule has 21 nitrogen and oxygen atoms in total. The Balaban J connectivity index is 1.06. The molecule has 12 unspecified atom stereocenters. The van der Waals surface area contributed by atoms with E-state index in [0.29, 0.717) is 40.5 Å². The van der Waals surface area contributed by atoms with Crippen LogP contribution in [0.5, 0.6) is 0 Å². The van der Waals surface area contributed by atoms with Crippen molar-refractivity contribution in [1.82, 2.24) is 0 Å². The smallest absolute Gasteiger partial charge is 0.321 e. The molecule has 0 fully saturated rings. The molecule has 10 rings (SSSR count). The van der Waals surface area contributed by atoms with Gasteiger partial charge in [-0.25, -0.2) is 25.3 Å². The summed E-state index contributed by atoms with van der Waals surface area (Å²) in [6.07, 6.45) is 5.08. The first-order chi connectivity index (χ1) is 44.9. The van der Waals surface area contributed by atoms with E-state index in [0.717, 1.165) is 11.1 Å². The summed E-state index contributed by atoms with van der Waals surface area (Å²) in [6, 6.07) is 54.8. The molecule has 0 spiro atoms. The predicted octanol–water partition coefficient (Wildman–Crippen LogP) is 10.6. The minimum Gasteiger partial charge on any atom is -0.376 e. The SMILES string of the molecule is O=[N+]([O-])C(C1C=CC(OCc2ccccc2)C1COCc1ccccc1)S(=O)(=O)c1ccc(S(=O)(=O)C(C2C=CC(OCc3ccccc3)C2COCc2ccccc2)[N+](=O)[O-])c(S(=O)(=O)C(C2C=CC(OCc3ccccc3)C2COCc2ccccc2)[N+](=O)[O-])c1. The molecule has 0 saturated carbocycles. The maximum absolute atomic E-state index is 16.0. The van der Waals surface area contributed by atoms with E-state index in [9.17, 15) is 30.3 Å². The highest BCUT2D eigenvalue weighted by molar-refractivity contribution is 7.95. The van der Waals surface area contributed by atoms with Crippen LogP contribution in [-0.4, -0.2) is 94.3 Å². The molecule has 486 valence electrons. The minimum absolute atomic E-state index is 0.00308. The van der Waals surface area contributed by atoms with Crippen LogP contribution in [-0.2, 0) is 97.6 Å². The van der Waals surface area contributed by atoms with Gasteiger partial charge in [-0.05, 0) is 51.6 Å². The first-order valence-corrected chi connectivity index (χ1v) is 34.7. The van der Waals surface area contributed by atoms with Crippen LogP contribution in [0.2, 0.25) is 0 Å². The van der Waals surface area contributed by atoms with Gasteiger partial charge in [-0.3, -0.25) is 30.3 Å². The van der Waals surface area contributed by atoms with Crippen LogP contribution in [0.15, 0.2) is 251 Å². The fourth-order valence-corrected chi connectivity index (χ4v) is 18.3. The van der Waals surface area contributed by atoms with Gasteiger partial charge in [-0.1, -0.05) is 218 Å². The maximum Gasteiger partial charge on any atom is 0.321 e. The second-order valence-electron chi connectivity index (χ2n) is 22.9. The summed E-state index contributed by atoms with van der Waals surface area (Å²) in [5.74, 6) is -8.34. The van der Waals surface area contributed by atoms with E-state index in [4.69, 9.17) is 28.4 Å². The first-order valence-electron chi connectivity index (χ1n) is 30.0. The van der Waals surface area contributed by atoms with Gasteiger partial charge in [0, 0.05) is 32.5 Å². The zero-order valence-corrected chi connectivity index (χ0v) is 52.7. The Morgan fingerprint density at radius 3 is 0.860 bits per heavy atom. The van der Waals surface area contributed by atoms with E-state index in [2.05, 4.69) is 0 Å². The third-order valence-electron chi connectivity index (χ3n) is 16.9. The summed E-state index contributed by atoms with van der Waals surface area (Å²) < 4.78 is 132. The highest BCUT2D eigenvalue weighted by atomic mass is 32.2. The molecule has 0 amide bonds. The lowest BCUT2D eigenvalue weighted by Crippen LogP contribution is -2.45. The molecule has 3 aliphatic rings. The van der Waals surface area contributed by atoms with Crippen LogP contribution in [0.3, 0.4) is 0 Å². The number of ether oxygens (including phenoxy) is 6. The molecular formula is C69H69N3O18S3. The zero-order chi connectivity index (χ0) is 65.5. The lowest BCUT2D eigenvalue weighted by atomic mass is 9.94. The fourth-order valence-electron chi connectivity index (χ4n) is 12.2. The number of hydrogen-bond acceptors (Lipinski definition) is 18. The van der Waals surface area contributed by atoms with Crippen molar-refractivity contribution in [1.29, 1.82) is 0 Å². The normalized spacial score (nSPS) is 22.1. The van der Waals surface area contributed by atoms with Gasteiger partial charge >= 0.3 is 16.1 Å². The zero-order valence-electron chi connectivity index (χ0n) is 50.2. The molecule has 0 N–H and O–H groups in total. The van der Waals surface area contributed by atoms with E-state index in [1.165, 1.54) is 36.5 Å². The Kier molecular flexibility index (Phi) is 22.5. The van der Waals surface area contributed by atoms with Gasteiger partial charge < -0.3 is 28.4 Å². The molecule has 3 aliphatic carbocycles. The van der Waals surface area contributed by atoms with Crippen LogP contribution < -0.4 is 0 Å². The molecule has 0 aromatic heterocycles. The Bertz CT molecular complexity index is 4100. The molecule has 12 atom stereocenters. The average Bonchev–Trinajstić information content (AvgIpc) is 1.74. The summed E-state index contributed by atoms with van der Waals surface area (Å²) in [5.41, 5.74) is 4.29. The number of hydrogen-bond donors (Lipinski definition) is 0. The van der Waals surface area contributed by atoms with Crippen LogP contribution >= 0.6 is 0 Å². The van der Waals surface area contributed by atoms with Crippen molar-refractivity contribution < 1.29 is 68.4 Å². The summed E-state index contributed by atoms with van der Waals surface area (Å²) in [6.45, 7) is -1.08. The molecule has 7 aromatic rings. The van der Waals surface area contributed by atoms with E-state index >= 15 is 25.3 Å². The largest absolute Gasteiger partial charge is 0.376 e. The predicted molar refractivity (Wildman–Crippen MR) is 342 cm³/mol. The summed E-state index contributed by atoms with van der Waals surface area (Å²) in [7, 11) is -17.3. The molecule has 0 saturated heterocycles. The third-order valence-corrected chi connectivity index (χ3v) is 23.2. The van der Waals surface area contributed by atoms with E-state index in [1.54, 1.807) is 182 Å². The van der Waals surface area contributed by atoms with Crippen molar-refractivity contribution >= 4 is 29.5 Å². The minimum atomic E-state index is -5.95. The van der Waals surface area contributed by atoms with E-state index in [-0.39, 0.29) is 59.5 Å². The Morgan fingerprint density at radius 1 is 0.323 bits per heavy atom. The maximum atomic E-state index is 16.0. The van der Waals surface area contributed by atoms with Crippen LogP contribution in [0.1, 0.15) is 33.4 Å². The monoisotopic (exact) mass is 1320 g/mol. The highest BCUT2D eigenvalue weighted by Gasteiger charge is 2.57.